The summed E-state index contributed by atoms with van der Waals surface area (Å²) in [5.41, 5.74) is 0.467. The summed E-state index contributed by atoms with van der Waals surface area (Å²) in [6.45, 7) is 12.1. The van der Waals surface area contributed by atoms with Crippen LogP contribution in [0.1, 0.15) is 46.5 Å². The molecule has 0 saturated carbocycles. The van der Waals surface area contributed by atoms with Crippen molar-refractivity contribution in [2.45, 2.75) is 52.5 Å². The van der Waals surface area contributed by atoms with Crippen molar-refractivity contribution >= 4 is 0 Å². The molecule has 1 heterocycles. The zero-order valence-electron chi connectivity index (χ0n) is 11.8. The van der Waals surface area contributed by atoms with Crippen molar-refractivity contribution in [1.82, 2.24) is 10.6 Å². The molecule has 0 bridgehead atoms. The second kappa shape index (κ2) is 8.06. The van der Waals surface area contributed by atoms with E-state index in [-0.39, 0.29) is 0 Å². The summed E-state index contributed by atoms with van der Waals surface area (Å²) < 4.78 is 5.41. The molecule has 102 valence electrons. The second-order valence-electron chi connectivity index (χ2n) is 5.92. The molecule has 3 nitrogen and oxygen atoms in total. The third-order valence-corrected chi connectivity index (χ3v) is 3.58. The van der Waals surface area contributed by atoms with Gasteiger partial charge < -0.3 is 15.4 Å². The summed E-state index contributed by atoms with van der Waals surface area (Å²) in [6.07, 6.45) is 4.95. The molecule has 0 spiro atoms. The van der Waals surface area contributed by atoms with Gasteiger partial charge >= 0.3 is 0 Å². The van der Waals surface area contributed by atoms with Gasteiger partial charge in [-0.15, -0.1) is 0 Å². The van der Waals surface area contributed by atoms with E-state index in [1.165, 1.54) is 25.7 Å². The third kappa shape index (κ3) is 7.02. The molecule has 1 aliphatic heterocycles. The summed E-state index contributed by atoms with van der Waals surface area (Å²) in [4.78, 5) is 0. The average molecular weight is 242 g/mol. The van der Waals surface area contributed by atoms with Crippen molar-refractivity contribution in [1.29, 1.82) is 0 Å². The highest BCUT2D eigenvalue weighted by Gasteiger charge is 2.26. The van der Waals surface area contributed by atoms with Gasteiger partial charge in [0, 0.05) is 25.8 Å². The second-order valence-corrected chi connectivity index (χ2v) is 5.92. The Labute approximate surface area is 107 Å². The minimum Gasteiger partial charge on any atom is -0.381 e. The maximum Gasteiger partial charge on any atom is 0.0471 e. The zero-order valence-corrected chi connectivity index (χ0v) is 11.8. The molecule has 1 aliphatic rings. The predicted molar refractivity (Wildman–Crippen MR) is 73.4 cm³/mol. The number of unbranched alkanes of at least 4 members (excludes halogenated alkanes) is 1. The van der Waals surface area contributed by atoms with Crippen LogP contribution in [0.2, 0.25) is 0 Å². The lowest BCUT2D eigenvalue weighted by molar-refractivity contribution is 0.0242. The fourth-order valence-electron chi connectivity index (χ4n) is 2.20. The van der Waals surface area contributed by atoms with Crippen molar-refractivity contribution in [2.75, 3.05) is 32.8 Å². The lowest BCUT2D eigenvalue weighted by Gasteiger charge is -2.33. The summed E-state index contributed by atoms with van der Waals surface area (Å²) in [5, 5.41) is 7.05. The first-order chi connectivity index (χ1) is 8.12. The summed E-state index contributed by atoms with van der Waals surface area (Å²) in [5.74, 6) is 0. The summed E-state index contributed by atoms with van der Waals surface area (Å²) in [7, 11) is 0. The van der Waals surface area contributed by atoms with Gasteiger partial charge in [0.05, 0.1) is 0 Å². The first-order valence-corrected chi connectivity index (χ1v) is 7.14. The van der Waals surface area contributed by atoms with Gasteiger partial charge in [0.15, 0.2) is 0 Å². The zero-order chi connectivity index (χ0) is 12.6. The van der Waals surface area contributed by atoms with Gasteiger partial charge in [-0.2, -0.15) is 0 Å². The van der Waals surface area contributed by atoms with Crippen LogP contribution in [0, 0.1) is 5.41 Å². The standard InChI is InChI=1S/C14H30N2O/c1-13(2)16-9-5-4-8-15-12-14(3)6-10-17-11-7-14/h13,15-16H,4-12H2,1-3H3. The van der Waals surface area contributed by atoms with Crippen LogP contribution in [0.15, 0.2) is 0 Å². The minimum absolute atomic E-state index is 0.467. The molecule has 1 saturated heterocycles. The fraction of sp³-hybridized carbons (Fsp3) is 1.00. The van der Waals surface area contributed by atoms with Gasteiger partial charge in [-0.05, 0) is 44.2 Å². The van der Waals surface area contributed by atoms with E-state index in [0.717, 1.165) is 32.8 Å². The molecule has 0 amide bonds. The number of rotatable bonds is 8. The molecule has 17 heavy (non-hydrogen) atoms. The van der Waals surface area contributed by atoms with Crippen LogP contribution < -0.4 is 10.6 Å². The molecule has 2 N–H and O–H groups in total. The maximum atomic E-state index is 5.41. The van der Waals surface area contributed by atoms with E-state index in [1.54, 1.807) is 0 Å². The Balaban J connectivity index is 1.93. The van der Waals surface area contributed by atoms with Crippen molar-refractivity contribution < 1.29 is 4.74 Å². The SMILES string of the molecule is CC(C)NCCCCNCC1(C)CCOCC1. The van der Waals surface area contributed by atoms with Crippen molar-refractivity contribution in [3.8, 4) is 0 Å². The fourth-order valence-corrected chi connectivity index (χ4v) is 2.20. The molecule has 1 rings (SSSR count). The molecule has 1 fully saturated rings. The van der Waals surface area contributed by atoms with Crippen LogP contribution in [0.5, 0.6) is 0 Å². The van der Waals surface area contributed by atoms with Gasteiger partial charge in [0.2, 0.25) is 0 Å². The first-order valence-electron chi connectivity index (χ1n) is 7.14. The molecular formula is C14H30N2O. The summed E-state index contributed by atoms with van der Waals surface area (Å²) >= 11 is 0. The lowest BCUT2D eigenvalue weighted by atomic mass is 9.82. The lowest BCUT2D eigenvalue weighted by Crippen LogP contribution is -2.37. The van der Waals surface area contributed by atoms with Crippen LogP contribution >= 0.6 is 0 Å². The highest BCUT2D eigenvalue weighted by molar-refractivity contribution is 4.79. The largest absolute Gasteiger partial charge is 0.381 e. The van der Waals surface area contributed by atoms with E-state index in [2.05, 4.69) is 31.4 Å². The molecule has 0 aromatic rings. The molecule has 0 aromatic carbocycles. The van der Waals surface area contributed by atoms with E-state index in [4.69, 9.17) is 4.74 Å². The van der Waals surface area contributed by atoms with Crippen molar-refractivity contribution in [3.05, 3.63) is 0 Å². The number of hydrogen-bond acceptors (Lipinski definition) is 3. The first kappa shape index (κ1) is 14.9. The number of hydrogen-bond donors (Lipinski definition) is 2. The maximum absolute atomic E-state index is 5.41. The average Bonchev–Trinajstić information content (AvgIpc) is 2.28. The highest BCUT2D eigenvalue weighted by Crippen LogP contribution is 2.28. The molecule has 3 heteroatoms. The van der Waals surface area contributed by atoms with E-state index in [1.807, 2.05) is 0 Å². The van der Waals surface area contributed by atoms with Crippen LogP contribution in [-0.2, 0) is 4.74 Å². The Bertz CT molecular complexity index is 189. The topological polar surface area (TPSA) is 33.3 Å². The van der Waals surface area contributed by atoms with Gasteiger partial charge in [-0.25, -0.2) is 0 Å². The summed E-state index contributed by atoms with van der Waals surface area (Å²) in [6, 6.07) is 0.615. The predicted octanol–water partition coefficient (Wildman–Crippen LogP) is 2.17. The Hall–Kier alpha value is -0.120. The molecule has 0 radical (unpaired) electrons. The smallest absolute Gasteiger partial charge is 0.0471 e. The molecule has 0 unspecified atom stereocenters. The van der Waals surface area contributed by atoms with E-state index >= 15 is 0 Å². The normalized spacial score (nSPS) is 19.8. The minimum atomic E-state index is 0.467. The Morgan fingerprint density at radius 2 is 1.76 bits per heavy atom. The van der Waals surface area contributed by atoms with Crippen LogP contribution in [0.3, 0.4) is 0 Å². The third-order valence-electron chi connectivity index (χ3n) is 3.58. The van der Waals surface area contributed by atoms with E-state index in [9.17, 15) is 0 Å². The van der Waals surface area contributed by atoms with Gasteiger partial charge in [-0.3, -0.25) is 0 Å². The van der Waals surface area contributed by atoms with Crippen molar-refractivity contribution in [2.24, 2.45) is 5.41 Å². The van der Waals surface area contributed by atoms with Gasteiger partial charge in [0.1, 0.15) is 0 Å². The highest BCUT2D eigenvalue weighted by atomic mass is 16.5. The van der Waals surface area contributed by atoms with E-state index < -0.39 is 0 Å². The Kier molecular flexibility index (Phi) is 7.09. The van der Waals surface area contributed by atoms with Crippen LogP contribution in [-0.4, -0.2) is 38.9 Å². The van der Waals surface area contributed by atoms with Gasteiger partial charge in [0.25, 0.3) is 0 Å². The Morgan fingerprint density at radius 3 is 2.41 bits per heavy atom. The Morgan fingerprint density at radius 1 is 1.12 bits per heavy atom. The quantitative estimate of drug-likeness (QED) is 0.640. The van der Waals surface area contributed by atoms with Gasteiger partial charge in [-0.1, -0.05) is 20.8 Å². The molecule has 0 atom stereocenters. The van der Waals surface area contributed by atoms with Crippen LogP contribution in [0.4, 0.5) is 0 Å². The number of nitrogens with one attached hydrogen (secondary N) is 2. The monoisotopic (exact) mass is 242 g/mol. The molecular weight excluding hydrogens is 212 g/mol. The van der Waals surface area contributed by atoms with Crippen LogP contribution in [0.25, 0.3) is 0 Å². The number of ether oxygens (including phenoxy) is 1. The van der Waals surface area contributed by atoms with E-state index in [0.29, 0.717) is 11.5 Å². The molecule has 0 aromatic heterocycles. The van der Waals surface area contributed by atoms with Crippen molar-refractivity contribution in [3.63, 3.8) is 0 Å². The molecule has 0 aliphatic carbocycles.